The second-order valence-corrected chi connectivity index (χ2v) is 11.3. The first-order chi connectivity index (χ1) is 20.0. The molecule has 0 bridgehead atoms. The van der Waals surface area contributed by atoms with E-state index < -0.39 is 41.5 Å². The highest BCUT2D eigenvalue weighted by atomic mass is 19.1. The molecule has 42 heavy (non-hydrogen) atoms. The van der Waals surface area contributed by atoms with Crippen molar-refractivity contribution >= 4 is 35.0 Å². The second kappa shape index (κ2) is 11.6. The minimum atomic E-state index is -1.37. The van der Waals surface area contributed by atoms with Gasteiger partial charge in [0.2, 0.25) is 12.1 Å². The molecule has 2 heterocycles. The molecule has 0 saturated carbocycles. The van der Waals surface area contributed by atoms with Gasteiger partial charge in [0, 0.05) is 37.7 Å². The Hall–Kier alpha value is -4.73. The van der Waals surface area contributed by atoms with Crippen LogP contribution in [-0.2, 0) is 20.7 Å². The Morgan fingerprint density at radius 1 is 1.00 bits per heavy atom. The van der Waals surface area contributed by atoms with Crippen LogP contribution in [0.25, 0.3) is 0 Å². The van der Waals surface area contributed by atoms with E-state index in [1.165, 1.54) is 6.07 Å². The third kappa shape index (κ3) is 6.12. The molecular formula is C32H34FN5O4. The van der Waals surface area contributed by atoms with Crippen molar-refractivity contribution in [2.75, 3.05) is 29.9 Å². The Morgan fingerprint density at radius 3 is 2.40 bits per heavy atom. The van der Waals surface area contributed by atoms with Crippen LogP contribution < -0.4 is 20.4 Å². The summed E-state index contributed by atoms with van der Waals surface area (Å²) in [6.45, 7) is 6.10. The Morgan fingerprint density at radius 2 is 1.69 bits per heavy atom. The van der Waals surface area contributed by atoms with E-state index in [0.717, 1.165) is 11.3 Å². The van der Waals surface area contributed by atoms with E-state index in [9.17, 15) is 14.4 Å². The molecule has 10 heteroatoms. The fourth-order valence-corrected chi connectivity index (χ4v) is 5.12. The molecule has 2 aliphatic heterocycles. The minimum Gasteiger partial charge on any atom is -0.444 e. The number of ether oxygens (including phenoxy) is 1. The largest absolute Gasteiger partial charge is 0.444 e. The quantitative estimate of drug-likeness (QED) is 0.465. The van der Waals surface area contributed by atoms with Crippen molar-refractivity contribution in [3.05, 3.63) is 95.3 Å². The van der Waals surface area contributed by atoms with Gasteiger partial charge in [-0.1, -0.05) is 54.6 Å². The van der Waals surface area contributed by atoms with Gasteiger partial charge in [-0.25, -0.2) is 14.2 Å². The maximum atomic E-state index is 15.2. The highest BCUT2D eigenvalue weighted by Crippen LogP contribution is 2.39. The normalized spacial score (nSPS) is 17.0. The van der Waals surface area contributed by atoms with Crippen molar-refractivity contribution < 1.29 is 23.5 Å². The molecule has 3 aromatic carbocycles. The number of para-hydroxylation sites is 1. The minimum absolute atomic E-state index is 0.148. The maximum Gasteiger partial charge on any atom is 0.408 e. The van der Waals surface area contributed by atoms with Crippen LogP contribution in [0.3, 0.4) is 0 Å². The van der Waals surface area contributed by atoms with Crippen LogP contribution in [0.5, 0.6) is 0 Å². The maximum absolute atomic E-state index is 15.2. The molecule has 5 rings (SSSR count). The number of amides is 3. The number of nitrogens with one attached hydrogen (secondary N) is 2. The summed E-state index contributed by atoms with van der Waals surface area (Å²) in [5.41, 5.74) is 2.48. The van der Waals surface area contributed by atoms with Crippen LogP contribution in [0.15, 0.2) is 77.8 Å². The number of nitrogens with zero attached hydrogens (tertiary/aromatic N) is 3. The topological polar surface area (TPSA) is 103 Å². The van der Waals surface area contributed by atoms with Crippen LogP contribution >= 0.6 is 0 Å². The van der Waals surface area contributed by atoms with Gasteiger partial charge in [-0.15, -0.1) is 0 Å². The van der Waals surface area contributed by atoms with Gasteiger partial charge >= 0.3 is 6.09 Å². The van der Waals surface area contributed by atoms with Crippen LogP contribution in [0.4, 0.5) is 20.6 Å². The smallest absolute Gasteiger partial charge is 0.408 e. The molecule has 2 atom stereocenters. The van der Waals surface area contributed by atoms with E-state index in [1.54, 1.807) is 49.9 Å². The number of aliphatic imine (C=N–C) groups is 1. The first-order valence-corrected chi connectivity index (χ1v) is 13.8. The van der Waals surface area contributed by atoms with Crippen LogP contribution in [0.2, 0.25) is 0 Å². The van der Waals surface area contributed by atoms with Crippen LogP contribution in [0.1, 0.15) is 37.5 Å². The molecular weight excluding hydrogens is 537 g/mol. The average Bonchev–Trinajstić information content (AvgIpc) is 3.05. The van der Waals surface area contributed by atoms with Crippen molar-refractivity contribution in [3.8, 4) is 0 Å². The SMILES string of the molecule is CN1CCN2C(=O)[C@@H](NC(=O)[C@H](Cc3ccccc3)NC(=O)OC(C)(C)C)N=C(c3ccccc3F)c3cccc1c32. The van der Waals surface area contributed by atoms with Gasteiger partial charge in [-0.05, 0) is 44.5 Å². The summed E-state index contributed by atoms with van der Waals surface area (Å²) in [6, 6.07) is 19.9. The monoisotopic (exact) mass is 571 g/mol. The Balaban J connectivity index is 1.53. The van der Waals surface area contributed by atoms with Crippen molar-refractivity contribution in [1.29, 1.82) is 0 Å². The van der Waals surface area contributed by atoms with E-state index >= 15 is 4.39 Å². The molecule has 3 amide bonds. The predicted molar refractivity (Wildman–Crippen MR) is 159 cm³/mol. The Kier molecular flexibility index (Phi) is 7.98. The van der Waals surface area contributed by atoms with E-state index in [0.29, 0.717) is 24.3 Å². The van der Waals surface area contributed by atoms with Crippen molar-refractivity contribution in [3.63, 3.8) is 0 Å². The standard InChI is InChI=1S/C32H34FN5O4/c1-32(2,3)42-31(41)34-24(19-20-11-6-5-7-12-20)29(39)36-28-30(40)38-18-17-37(4)25-16-10-14-22(27(25)38)26(35-28)21-13-8-9-15-23(21)33/h5-16,24,28H,17-19H2,1-4H3,(H,34,41)(H,36,39)/t24-,28+/m0/s1. The number of anilines is 2. The van der Waals surface area contributed by atoms with E-state index in [-0.39, 0.29) is 17.7 Å². The fraction of sp³-hybridized carbons (Fsp3) is 0.312. The zero-order chi connectivity index (χ0) is 30.0. The van der Waals surface area contributed by atoms with Gasteiger partial charge < -0.3 is 25.2 Å². The first kappa shape index (κ1) is 28.8. The number of hydrogen-bond donors (Lipinski definition) is 2. The van der Waals surface area contributed by atoms with Gasteiger partial charge in [-0.2, -0.15) is 0 Å². The fourth-order valence-electron chi connectivity index (χ4n) is 5.12. The van der Waals surface area contributed by atoms with Gasteiger partial charge in [-0.3, -0.25) is 9.59 Å². The molecule has 0 radical (unpaired) electrons. The summed E-state index contributed by atoms with van der Waals surface area (Å²) in [6.07, 6.45) is -1.98. The van der Waals surface area contributed by atoms with Crippen LogP contribution in [-0.4, -0.2) is 61.6 Å². The molecule has 3 aromatic rings. The number of alkyl carbamates (subject to hydrolysis) is 1. The average molecular weight is 572 g/mol. The third-order valence-electron chi connectivity index (χ3n) is 7.07. The molecule has 0 aliphatic carbocycles. The lowest BCUT2D eigenvalue weighted by atomic mass is 9.97. The third-order valence-corrected chi connectivity index (χ3v) is 7.07. The number of hydrogen-bond acceptors (Lipinski definition) is 6. The molecule has 0 saturated heterocycles. The van der Waals surface area contributed by atoms with Gasteiger partial charge in [0.1, 0.15) is 17.5 Å². The molecule has 218 valence electrons. The second-order valence-electron chi connectivity index (χ2n) is 11.3. The predicted octanol–water partition coefficient (Wildman–Crippen LogP) is 4.04. The molecule has 9 nitrogen and oxygen atoms in total. The summed E-state index contributed by atoms with van der Waals surface area (Å²) in [7, 11) is 1.93. The lowest BCUT2D eigenvalue weighted by Gasteiger charge is -2.37. The number of benzene rings is 3. The van der Waals surface area contributed by atoms with Crippen molar-refractivity contribution in [2.45, 2.75) is 45.0 Å². The van der Waals surface area contributed by atoms with Gasteiger partial charge in [0.25, 0.3) is 5.91 Å². The van der Waals surface area contributed by atoms with Crippen molar-refractivity contribution in [1.82, 2.24) is 10.6 Å². The number of likely N-dealkylation sites (N-methyl/N-ethyl adjacent to an activating group) is 1. The highest BCUT2D eigenvalue weighted by Gasteiger charge is 2.38. The van der Waals surface area contributed by atoms with Gasteiger partial charge in [0.15, 0.2) is 0 Å². The number of rotatable bonds is 6. The molecule has 0 spiro atoms. The zero-order valence-electron chi connectivity index (χ0n) is 24.1. The van der Waals surface area contributed by atoms with Gasteiger partial charge in [0.05, 0.1) is 17.1 Å². The molecule has 0 unspecified atom stereocenters. The summed E-state index contributed by atoms with van der Waals surface area (Å²) in [5.74, 6) is -1.58. The number of carbonyl (C=O) groups excluding carboxylic acids is 3. The number of halogens is 1. The van der Waals surface area contributed by atoms with E-state index in [2.05, 4.69) is 15.6 Å². The zero-order valence-corrected chi connectivity index (χ0v) is 24.1. The summed E-state index contributed by atoms with van der Waals surface area (Å²) < 4.78 is 20.6. The molecule has 0 aromatic heterocycles. The summed E-state index contributed by atoms with van der Waals surface area (Å²) in [4.78, 5) is 48.8. The lowest BCUT2D eigenvalue weighted by Crippen LogP contribution is -2.56. The molecule has 2 N–H and O–H groups in total. The van der Waals surface area contributed by atoms with E-state index in [4.69, 9.17) is 4.74 Å². The molecule has 0 fully saturated rings. The first-order valence-electron chi connectivity index (χ1n) is 13.8. The highest BCUT2D eigenvalue weighted by molar-refractivity contribution is 6.22. The lowest BCUT2D eigenvalue weighted by molar-refractivity contribution is -0.128. The Bertz CT molecular complexity index is 1540. The van der Waals surface area contributed by atoms with Crippen LogP contribution in [0, 0.1) is 5.82 Å². The number of carbonyl (C=O) groups is 3. The van der Waals surface area contributed by atoms with Crippen molar-refractivity contribution in [2.24, 2.45) is 4.99 Å². The van der Waals surface area contributed by atoms with E-state index in [1.807, 2.05) is 54.4 Å². The summed E-state index contributed by atoms with van der Waals surface area (Å²) >= 11 is 0. The molecule has 2 aliphatic rings. The Labute approximate surface area is 244 Å². The summed E-state index contributed by atoms with van der Waals surface area (Å²) in [5, 5.41) is 5.40.